The Morgan fingerprint density at radius 1 is 0.566 bits per heavy atom. The Morgan fingerprint density at radius 3 is 1.09 bits per heavy atom. The minimum atomic E-state index is -4.77. The van der Waals surface area contributed by atoms with Crippen molar-refractivity contribution in [3.05, 3.63) is 0 Å². The predicted octanol–water partition coefficient (Wildman–Crippen LogP) is 8.43. The molecule has 0 saturated heterocycles. The zero-order valence-electron chi connectivity index (χ0n) is 34.5. The lowest BCUT2D eigenvalue weighted by atomic mass is 10.1. The van der Waals surface area contributed by atoms with E-state index in [1.54, 1.807) is 111 Å². The van der Waals surface area contributed by atoms with Gasteiger partial charge in [0.2, 0.25) is 0 Å². The minimum absolute atomic E-state index is 0.115. The highest BCUT2D eigenvalue weighted by molar-refractivity contribution is 7.49. The number of hydrogen-bond acceptors (Lipinski definition) is 16. The van der Waals surface area contributed by atoms with Gasteiger partial charge in [0.05, 0.1) is 35.6 Å². The average molecular weight is 859 g/mol. The van der Waals surface area contributed by atoms with Crippen molar-refractivity contribution in [2.75, 3.05) is 26.4 Å². The maximum absolute atomic E-state index is 12.4. The molecule has 53 heavy (non-hydrogen) atoms. The van der Waals surface area contributed by atoms with E-state index in [0.29, 0.717) is 6.61 Å². The molecule has 0 aromatic rings. The highest BCUT2D eigenvalue weighted by Gasteiger charge is 2.41. The second-order valence-electron chi connectivity index (χ2n) is 14.3. The van der Waals surface area contributed by atoms with Gasteiger partial charge in [-0.05, 0) is 125 Å². The molecule has 0 aliphatic carbocycles. The van der Waals surface area contributed by atoms with Gasteiger partial charge in [-0.3, -0.25) is 27.9 Å². The Bertz CT molecular complexity index is 1140. The molecule has 322 valence electrons. The van der Waals surface area contributed by atoms with Crippen LogP contribution in [-0.2, 0) is 59.8 Å². The van der Waals surface area contributed by atoms with Gasteiger partial charge >= 0.3 is 41.0 Å². The van der Waals surface area contributed by atoms with Gasteiger partial charge in [0.15, 0.2) is 5.60 Å². The molecule has 0 saturated carbocycles. The van der Waals surface area contributed by atoms with Gasteiger partial charge in [0.1, 0.15) is 0 Å². The number of carbonyl (C=O) groups is 3. The lowest BCUT2D eigenvalue weighted by molar-refractivity contribution is -0.159. The first-order chi connectivity index (χ1) is 23.2. The zero-order chi connectivity index (χ0) is 43.9. The summed E-state index contributed by atoms with van der Waals surface area (Å²) in [5.41, 5.74) is -5.01. The number of phosphoric ester groups is 3. The Labute approximate surface area is 320 Å². The van der Waals surface area contributed by atoms with Crippen molar-refractivity contribution in [2.24, 2.45) is 0 Å². The molecule has 0 atom stereocenters. The van der Waals surface area contributed by atoms with E-state index in [9.17, 15) is 33.0 Å². The summed E-state index contributed by atoms with van der Waals surface area (Å²) < 4.78 is 76.4. The third kappa shape index (κ3) is 50.8. The number of carbonyl (C=O) groups excluding carboxylic acids is 3. The Morgan fingerprint density at radius 2 is 0.887 bits per heavy atom. The van der Waals surface area contributed by atoms with E-state index in [1.807, 2.05) is 0 Å². The molecular formula is C30H66ClO19P3. The summed E-state index contributed by atoms with van der Waals surface area (Å²) in [5.74, 6) is -1.08. The van der Waals surface area contributed by atoms with Gasteiger partial charge in [-0.15, -0.1) is 0 Å². The van der Waals surface area contributed by atoms with Crippen molar-refractivity contribution in [1.29, 1.82) is 0 Å². The molecule has 0 aromatic heterocycles. The van der Waals surface area contributed by atoms with Crippen LogP contribution in [0.25, 0.3) is 0 Å². The fourth-order valence-corrected chi connectivity index (χ4v) is 6.08. The maximum atomic E-state index is 12.4. The fourth-order valence-electron chi connectivity index (χ4n) is 2.42. The molecule has 0 heterocycles. The van der Waals surface area contributed by atoms with Gasteiger partial charge < -0.3 is 33.3 Å². The second kappa shape index (κ2) is 26.6. The molecule has 0 bridgehead atoms. The monoisotopic (exact) mass is 858 g/mol. The Hall–Kier alpha value is -1.17. The normalized spacial score (nSPS) is 12.4. The summed E-state index contributed by atoms with van der Waals surface area (Å²) in [6, 6.07) is 0. The lowest BCUT2D eigenvalue weighted by Crippen LogP contribution is -2.36. The topological polar surface area (TPSA) is 266 Å². The van der Waals surface area contributed by atoms with Crippen LogP contribution in [0.3, 0.4) is 0 Å². The van der Waals surface area contributed by atoms with Crippen molar-refractivity contribution in [2.45, 2.75) is 153 Å². The molecule has 0 fully saturated rings. The summed E-state index contributed by atoms with van der Waals surface area (Å²) >= 11 is 4.72. The minimum Gasteiger partial charge on any atom is -0.454 e. The largest absolute Gasteiger partial charge is 0.535 e. The van der Waals surface area contributed by atoms with E-state index in [1.165, 1.54) is 13.8 Å². The summed E-state index contributed by atoms with van der Waals surface area (Å²) in [4.78, 5) is 57.8. The van der Waals surface area contributed by atoms with E-state index in [0.717, 1.165) is 0 Å². The van der Waals surface area contributed by atoms with Gasteiger partial charge in [-0.25, -0.2) is 28.1 Å². The lowest BCUT2D eigenvalue weighted by Gasteiger charge is -2.29. The van der Waals surface area contributed by atoms with E-state index < -0.39 is 69.0 Å². The number of phosphoric acid groups is 3. The number of aliphatic hydroxyl groups is 1. The first-order valence-corrected chi connectivity index (χ1v) is 21.0. The van der Waals surface area contributed by atoms with Crippen LogP contribution in [0.5, 0.6) is 0 Å². The van der Waals surface area contributed by atoms with Gasteiger partial charge in [-0.1, -0.05) is 0 Å². The van der Waals surface area contributed by atoms with E-state index in [-0.39, 0.29) is 19.8 Å². The third-order valence-corrected chi connectivity index (χ3v) is 7.44. The van der Waals surface area contributed by atoms with Crippen molar-refractivity contribution in [1.82, 2.24) is 0 Å². The molecule has 0 aromatic carbocycles. The van der Waals surface area contributed by atoms with Crippen LogP contribution < -0.4 is 0 Å². The molecule has 0 unspecified atom stereocenters. The van der Waals surface area contributed by atoms with Crippen molar-refractivity contribution >= 4 is 52.6 Å². The summed E-state index contributed by atoms with van der Waals surface area (Å²) in [6.45, 7) is 30.6. The molecule has 0 rings (SSSR count). The van der Waals surface area contributed by atoms with E-state index in [2.05, 4.69) is 18.5 Å². The molecular weight excluding hydrogens is 793 g/mol. The van der Waals surface area contributed by atoms with Gasteiger partial charge in [0, 0.05) is 24.8 Å². The maximum Gasteiger partial charge on any atom is 0.535 e. The number of hydrogen-bond donors (Lipinski definition) is 4. The first kappa shape index (κ1) is 61.1. The number of aliphatic hydroxyl groups excluding tert-OH is 1. The quantitative estimate of drug-likeness (QED) is 0.0862. The van der Waals surface area contributed by atoms with Crippen LogP contribution >= 0.6 is 35.1 Å². The highest BCUT2D eigenvalue weighted by Crippen LogP contribution is 2.55. The van der Waals surface area contributed by atoms with Crippen molar-refractivity contribution in [3.63, 3.8) is 0 Å². The van der Waals surface area contributed by atoms with Crippen molar-refractivity contribution < 1.29 is 89.2 Å². The Balaban J connectivity index is -0.000000197. The second-order valence-corrected chi connectivity index (χ2v) is 18.5. The predicted molar refractivity (Wildman–Crippen MR) is 198 cm³/mol. The van der Waals surface area contributed by atoms with Crippen molar-refractivity contribution in [3.8, 4) is 0 Å². The highest BCUT2D eigenvalue weighted by atomic mass is 35.5. The van der Waals surface area contributed by atoms with Gasteiger partial charge in [-0.2, -0.15) is 0 Å². The van der Waals surface area contributed by atoms with Crippen LogP contribution in [0, 0.1) is 0 Å². The standard InChI is InChI=1S/C11H23O6P.C8H19O4P.C6H13O6P.C3H5ClO2.C2H6O/c1-8-14-9(12)15-18(13,16-10(2,3)4)17-11(5,6)7;1-7(2,3)11-13(9,10)12-8(4,5)6;1-4-11-6(2,3)5(7)12-13(8,9)10;1-2-6-3(4)5;1-2-3/h8H2,1-7H3;1-6H3,(H,9,10);4H2,1-3H3,(H2,8,9,10);2H2,1H3;3H,2H2,1H3. The molecule has 0 amide bonds. The number of halogens is 1. The van der Waals surface area contributed by atoms with Crippen LogP contribution in [0.2, 0.25) is 0 Å². The number of ether oxygens (including phenoxy) is 3. The zero-order valence-corrected chi connectivity index (χ0v) is 37.9. The molecule has 19 nitrogen and oxygen atoms in total. The summed E-state index contributed by atoms with van der Waals surface area (Å²) in [5, 5.41) is 7.57. The average Bonchev–Trinajstić information content (AvgIpc) is 2.78. The van der Waals surface area contributed by atoms with Crippen LogP contribution in [0.4, 0.5) is 9.59 Å². The first-order valence-electron chi connectivity index (χ1n) is 16.1. The van der Waals surface area contributed by atoms with E-state index >= 15 is 0 Å². The number of rotatable bonds is 11. The Kier molecular flexibility index (Phi) is 30.7. The molecule has 23 heteroatoms. The van der Waals surface area contributed by atoms with Gasteiger partial charge in [0.25, 0.3) is 0 Å². The molecule has 0 aliphatic heterocycles. The smallest absolute Gasteiger partial charge is 0.454 e. The van der Waals surface area contributed by atoms with Crippen LogP contribution in [0.1, 0.15) is 125 Å². The molecule has 0 spiro atoms. The van der Waals surface area contributed by atoms with E-state index in [4.69, 9.17) is 49.3 Å². The third-order valence-electron chi connectivity index (χ3n) is 3.45. The molecule has 0 aliphatic rings. The van der Waals surface area contributed by atoms with Crippen LogP contribution in [-0.4, -0.2) is 91.8 Å². The SMILES string of the molecule is CC(C)(C)OP(=O)(O)OC(C)(C)C.CCO.CCOC(=O)Cl.CCOC(=O)OP(=O)(OC(C)(C)C)OC(C)(C)C.CCOC(C)(C)C(=O)OP(=O)(O)O. The summed E-state index contributed by atoms with van der Waals surface area (Å²) in [7, 11) is -12.7. The fraction of sp³-hybridized carbons (Fsp3) is 0.900. The molecule has 0 radical (unpaired) electrons. The molecule has 4 N–H and O–H groups in total. The van der Waals surface area contributed by atoms with Crippen LogP contribution in [0.15, 0.2) is 0 Å². The summed E-state index contributed by atoms with van der Waals surface area (Å²) in [6.07, 6.45) is -1.07.